The molecule has 3 nitrogen and oxygen atoms in total. The first-order valence-corrected chi connectivity index (χ1v) is 5.48. The number of aliphatic hydroxyl groups is 1. The summed E-state index contributed by atoms with van der Waals surface area (Å²) in [6, 6.07) is 4.95. The molecule has 4 heteroatoms. The Labute approximate surface area is 94.7 Å². The van der Waals surface area contributed by atoms with E-state index >= 15 is 0 Å². The number of β-amino-alcohol motifs (C(OH)–C–C–N with tert-alkyl or cyclic N) is 1. The van der Waals surface area contributed by atoms with E-state index < -0.39 is 5.60 Å². The maximum Gasteiger partial charge on any atom is 0.129 e. The predicted molar refractivity (Wildman–Crippen MR) is 61.7 cm³/mol. The molecule has 2 rings (SSSR count). The van der Waals surface area contributed by atoms with Gasteiger partial charge in [-0.15, -0.1) is 0 Å². The molecule has 0 saturated carbocycles. The third kappa shape index (κ3) is 2.03. The number of hydrogen-bond acceptors (Lipinski definition) is 3. The van der Waals surface area contributed by atoms with E-state index in [2.05, 4.69) is 0 Å². The van der Waals surface area contributed by atoms with Crippen LogP contribution >= 0.6 is 0 Å². The molecule has 88 valence electrons. The van der Waals surface area contributed by atoms with Gasteiger partial charge in [-0.25, -0.2) is 4.39 Å². The molecule has 0 radical (unpaired) electrons. The van der Waals surface area contributed by atoms with Gasteiger partial charge >= 0.3 is 0 Å². The smallest absolute Gasteiger partial charge is 0.129 e. The van der Waals surface area contributed by atoms with Gasteiger partial charge in [-0.1, -0.05) is 6.07 Å². The van der Waals surface area contributed by atoms with E-state index in [1.54, 1.807) is 13.0 Å². The van der Waals surface area contributed by atoms with Gasteiger partial charge in [0.15, 0.2) is 0 Å². The number of hydrogen-bond donors (Lipinski definition) is 2. The highest BCUT2D eigenvalue weighted by Gasteiger charge is 2.32. The molecule has 0 aromatic heterocycles. The zero-order chi connectivity index (χ0) is 11.8. The van der Waals surface area contributed by atoms with Crippen molar-refractivity contribution in [3.8, 4) is 0 Å². The number of benzene rings is 1. The highest BCUT2D eigenvalue weighted by Crippen LogP contribution is 2.29. The molecule has 1 aliphatic rings. The topological polar surface area (TPSA) is 49.5 Å². The van der Waals surface area contributed by atoms with Crippen LogP contribution in [-0.2, 0) is 6.54 Å². The summed E-state index contributed by atoms with van der Waals surface area (Å²) in [5, 5.41) is 9.89. The van der Waals surface area contributed by atoms with Gasteiger partial charge in [0.2, 0.25) is 0 Å². The van der Waals surface area contributed by atoms with E-state index in [0.717, 1.165) is 12.2 Å². The molecule has 3 N–H and O–H groups in total. The van der Waals surface area contributed by atoms with Gasteiger partial charge in [-0.2, -0.15) is 0 Å². The van der Waals surface area contributed by atoms with E-state index in [1.807, 2.05) is 11.0 Å². The number of anilines is 1. The van der Waals surface area contributed by atoms with Crippen LogP contribution in [0.15, 0.2) is 18.2 Å². The van der Waals surface area contributed by atoms with Crippen LogP contribution < -0.4 is 10.6 Å². The molecule has 16 heavy (non-hydrogen) atoms. The highest BCUT2D eigenvalue weighted by atomic mass is 19.1. The van der Waals surface area contributed by atoms with Crippen molar-refractivity contribution in [1.82, 2.24) is 0 Å². The first kappa shape index (κ1) is 11.4. The molecule has 0 spiro atoms. The van der Waals surface area contributed by atoms with Gasteiger partial charge in [0.25, 0.3) is 0 Å². The Hall–Kier alpha value is -1.13. The molecule has 1 fully saturated rings. The molecule has 1 saturated heterocycles. The standard InChI is InChI=1S/C12H17FN2O/c1-12(16)5-6-15(8-12)11-4-2-3-10(13)9(11)7-14/h2-4,16H,5-8,14H2,1H3. The maximum atomic E-state index is 13.5. The van der Waals surface area contributed by atoms with E-state index in [0.29, 0.717) is 18.5 Å². The zero-order valence-corrected chi connectivity index (χ0v) is 9.41. The second-order valence-electron chi connectivity index (χ2n) is 4.61. The van der Waals surface area contributed by atoms with Crippen LogP contribution in [-0.4, -0.2) is 23.8 Å². The van der Waals surface area contributed by atoms with Crippen molar-refractivity contribution in [2.45, 2.75) is 25.5 Å². The third-order valence-corrected chi connectivity index (χ3v) is 3.09. The minimum atomic E-state index is -0.682. The summed E-state index contributed by atoms with van der Waals surface area (Å²) >= 11 is 0. The Bertz CT molecular complexity index is 393. The molecule has 1 aromatic rings. The lowest BCUT2D eigenvalue weighted by molar-refractivity contribution is 0.0839. The van der Waals surface area contributed by atoms with Crippen LogP contribution in [0.5, 0.6) is 0 Å². The van der Waals surface area contributed by atoms with E-state index in [4.69, 9.17) is 5.73 Å². The van der Waals surface area contributed by atoms with E-state index in [9.17, 15) is 9.50 Å². The number of nitrogens with two attached hydrogens (primary N) is 1. The van der Waals surface area contributed by atoms with Crippen molar-refractivity contribution < 1.29 is 9.50 Å². The summed E-state index contributed by atoms with van der Waals surface area (Å²) in [6.07, 6.45) is 0.702. The number of nitrogens with zero attached hydrogens (tertiary/aromatic N) is 1. The Morgan fingerprint density at radius 3 is 2.88 bits per heavy atom. The van der Waals surface area contributed by atoms with Crippen molar-refractivity contribution in [2.24, 2.45) is 5.73 Å². The number of halogens is 1. The molecule has 1 atom stereocenters. The molecular weight excluding hydrogens is 207 g/mol. The van der Waals surface area contributed by atoms with Crippen molar-refractivity contribution in [3.05, 3.63) is 29.6 Å². The average Bonchev–Trinajstić information content (AvgIpc) is 2.58. The Balaban J connectivity index is 2.31. The maximum absolute atomic E-state index is 13.5. The molecular formula is C12H17FN2O. The fourth-order valence-electron chi connectivity index (χ4n) is 2.20. The Morgan fingerprint density at radius 1 is 1.56 bits per heavy atom. The summed E-state index contributed by atoms with van der Waals surface area (Å²) in [5.41, 5.74) is 6.21. The van der Waals surface area contributed by atoms with Crippen LogP contribution in [0.4, 0.5) is 10.1 Å². The average molecular weight is 224 g/mol. The molecule has 1 heterocycles. The lowest BCUT2D eigenvalue weighted by Gasteiger charge is -2.23. The van der Waals surface area contributed by atoms with Crippen LogP contribution in [0.1, 0.15) is 18.9 Å². The van der Waals surface area contributed by atoms with Gasteiger partial charge in [-0.3, -0.25) is 0 Å². The van der Waals surface area contributed by atoms with E-state index in [-0.39, 0.29) is 12.4 Å². The van der Waals surface area contributed by atoms with Gasteiger partial charge in [-0.05, 0) is 25.5 Å². The second kappa shape index (κ2) is 4.03. The first-order valence-electron chi connectivity index (χ1n) is 5.48. The quantitative estimate of drug-likeness (QED) is 0.794. The normalized spacial score (nSPS) is 25.1. The third-order valence-electron chi connectivity index (χ3n) is 3.09. The lowest BCUT2D eigenvalue weighted by atomic mass is 10.1. The molecule has 0 bridgehead atoms. The highest BCUT2D eigenvalue weighted by molar-refractivity contribution is 5.55. The summed E-state index contributed by atoms with van der Waals surface area (Å²) < 4.78 is 13.5. The van der Waals surface area contributed by atoms with Gasteiger partial charge in [0.1, 0.15) is 5.82 Å². The molecule has 1 aliphatic heterocycles. The van der Waals surface area contributed by atoms with Crippen molar-refractivity contribution >= 4 is 5.69 Å². The Morgan fingerprint density at radius 2 is 2.31 bits per heavy atom. The predicted octanol–water partition coefficient (Wildman–Crippen LogP) is 1.25. The first-order chi connectivity index (χ1) is 7.53. The summed E-state index contributed by atoms with van der Waals surface area (Å²) in [5.74, 6) is -0.272. The molecule has 1 aromatic carbocycles. The summed E-state index contributed by atoms with van der Waals surface area (Å²) in [7, 11) is 0. The molecule has 0 amide bonds. The van der Waals surface area contributed by atoms with Crippen molar-refractivity contribution in [2.75, 3.05) is 18.0 Å². The van der Waals surface area contributed by atoms with Crippen molar-refractivity contribution in [3.63, 3.8) is 0 Å². The van der Waals surface area contributed by atoms with Crippen LogP contribution in [0.2, 0.25) is 0 Å². The monoisotopic (exact) mass is 224 g/mol. The largest absolute Gasteiger partial charge is 0.388 e. The van der Waals surface area contributed by atoms with Gasteiger partial charge in [0, 0.05) is 30.9 Å². The zero-order valence-electron chi connectivity index (χ0n) is 9.41. The van der Waals surface area contributed by atoms with Gasteiger partial charge < -0.3 is 15.7 Å². The Kier molecular flexibility index (Phi) is 2.86. The fraction of sp³-hybridized carbons (Fsp3) is 0.500. The van der Waals surface area contributed by atoms with Crippen LogP contribution in [0.25, 0.3) is 0 Å². The SMILES string of the molecule is CC1(O)CCN(c2cccc(F)c2CN)C1. The number of rotatable bonds is 2. The molecule has 0 aliphatic carbocycles. The second-order valence-corrected chi connectivity index (χ2v) is 4.61. The lowest BCUT2D eigenvalue weighted by Crippen LogP contribution is -2.30. The summed E-state index contributed by atoms with van der Waals surface area (Å²) in [6.45, 7) is 3.25. The fourth-order valence-corrected chi connectivity index (χ4v) is 2.20. The molecule has 1 unspecified atom stereocenters. The van der Waals surface area contributed by atoms with Crippen LogP contribution in [0, 0.1) is 5.82 Å². The van der Waals surface area contributed by atoms with Gasteiger partial charge in [0.05, 0.1) is 5.60 Å². The van der Waals surface area contributed by atoms with E-state index in [1.165, 1.54) is 6.07 Å². The summed E-state index contributed by atoms with van der Waals surface area (Å²) in [4.78, 5) is 1.99. The minimum absolute atomic E-state index is 0.181. The van der Waals surface area contributed by atoms with Crippen LogP contribution in [0.3, 0.4) is 0 Å². The minimum Gasteiger partial charge on any atom is -0.388 e. The van der Waals surface area contributed by atoms with Crippen molar-refractivity contribution in [1.29, 1.82) is 0 Å².